The molecule has 1 aliphatic heterocycles. The van der Waals surface area contributed by atoms with Gasteiger partial charge in [0.05, 0.1) is 7.11 Å². The van der Waals surface area contributed by atoms with Crippen LogP contribution >= 0.6 is 0 Å². The summed E-state index contributed by atoms with van der Waals surface area (Å²) in [6.45, 7) is 0.571. The summed E-state index contributed by atoms with van der Waals surface area (Å²) in [6, 6.07) is 0.371. The van der Waals surface area contributed by atoms with Crippen LogP contribution in [0.5, 0.6) is 6.01 Å². The van der Waals surface area contributed by atoms with E-state index < -0.39 is 0 Å². The van der Waals surface area contributed by atoms with Crippen molar-refractivity contribution in [2.24, 2.45) is 0 Å². The zero-order chi connectivity index (χ0) is 13.0. The summed E-state index contributed by atoms with van der Waals surface area (Å²) in [5, 5.41) is 8.78. The van der Waals surface area contributed by atoms with Gasteiger partial charge < -0.3 is 20.7 Å². The molecule has 0 radical (unpaired) electrons. The third-order valence-electron chi connectivity index (χ3n) is 2.62. The van der Waals surface area contributed by atoms with Crippen molar-refractivity contribution < 1.29 is 9.53 Å². The number of methoxy groups -OCH3 is 1. The predicted molar refractivity (Wildman–Crippen MR) is 65.6 cm³/mol. The maximum atomic E-state index is 11.1. The molecule has 0 saturated carbocycles. The molecule has 98 valence electrons. The molecular formula is C10H16N6O2. The van der Waals surface area contributed by atoms with Crippen molar-refractivity contribution in [3.05, 3.63) is 0 Å². The molecule has 1 amide bonds. The lowest BCUT2D eigenvalue weighted by atomic mass is 10.1. The Bertz CT molecular complexity index is 406. The number of amides is 1. The number of hydrogen-bond donors (Lipinski definition) is 3. The van der Waals surface area contributed by atoms with E-state index in [0.717, 1.165) is 6.42 Å². The van der Waals surface area contributed by atoms with E-state index in [4.69, 9.17) is 4.74 Å². The Morgan fingerprint density at radius 3 is 2.72 bits per heavy atom. The third kappa shape index (κ3) is 2.96. The number of carbonyl (C=O) groups excluding carboxylic acids is 1. The van der Waals surface area contributed by atoms with E-state index in [1.807, 2.05) is 0 Å². The van der Waals surface area contributed by atoms with Gasteiger partial charge in [-0.3, -0.25) is 4.79 Å². The summed E-state index contributed by atoms with van der Waals surface area (Å²) in [5.41, 5.74) is 0. The molecule has 0 spiro atoms. The first-order valence-electron chi connectivity index (χ1n) is 5.72. The van der Waals surface area contributed by atoms with Crippen LogP contribution in [0.1, 0.15) is 12.8 Å². The van der Waals surface area contributed by atoms with Crippen molar-refractivity contribution in [1.29, 1.82) is 0 Å². The van der Waals surface area contributed by atoms with E-state index in [9.17, 15) is 4.79 Å². The lowest BCUT2D eigenvalue weighted by molar-refractivity contribution is -0.122. The highest BCUT2D eigenvalue weighted by atomic mass is 16.5. The number of aromatic nitrogens is 3. The maximum Gasteiger partial charge on any atom is 0.322 e. The van der Waals surface area contributed by atoms with Crippen LogP contribution in [0.4, 0.5) is 11.9 Å². The van der Waals surface area contributed by atoms with E-state index in [2.05, 4.69) is 30.9 Å². The Labute approximate surface area is 105 Å². The number of anilines is 2. The molecule has 18 heavy (non-hydrogen) atoms. The second-order valence-corrected chi connectivity index (χ2v) is 3.90. The SMILES string of the molecule is CNc1nc(NC2CCC(=O)NC2)nc(OC)n1. The standard InChI is InChI=1S/C10H16N6O2/c1-11-8-14-9(16-10(15-8)18-2)13-6-3-4-7(17)12-5-6/h6H,3-5H2,1-2H3,(H,12,17)(H2,11,13,14,15,16). The molecule has 0 aromatic carbocycles. The van der Waals surface area contributed by atoms with Gasteiger partial charge in [-0.15, -0.1) is 0 Å². The van der Waals surface area contributed by atoms with Crippen molar-refractivity contribution >= 4 is 17.8 Å². The zero-order valence-corrected chi connectivity index (χ0v) is 10.4. The molecule has 2 rings (SSSR count). The van der Waals surface area contributed by atoms with Crippen LogP contribution in [0.25, 0.3) is 0 Å². The van der Waals surface area contributed by atoms with Gasteiger partial charge in [0.2, 0.25) is 17.8 Å². The number of carbonyl (C=O) groups is 1. The molecule has 1 aromatic heterocycles. The topological polar surface area (TPSA) is 101 Å². The third-order valence-corrected chi connectivity index (χ3v) is 2.62. The minimum Gasteiger partial charge on any atom is -0.467 e. The zero-order valence-electron chi connectivity index (χ0n) is 10.4. The van der Waals surface area contributed by atoms with E-state index >= 15 is 0 Å². The number of piperidine rings is 1. The Balaban J connectivity index is 2.06. The van der Waals surface area contributed by atoms with Crippen LogP contribution in [0.2, 0.25) is 0 Å². The van der Waals surface area contributed by atoms with Crippen molar-refractivity contribution in [3.63, 3.8) is 0 Å². The molecule has 1 saturated heterocycles. The summed E-state index contributed by atoms with van der Waals surface area (Å²) >= 11 is 0. The summed E-state index contributed by atoms with van der Waals surface area (Å²) < 4.78 is 4.99. The molecule has 0 bridgehead atoms. The fraction of sp³-hybridized carbons (Fsp3) is 0.600. The first kappa shape index (κ1) is 12.3. The van der Waals surface area contributed by atoms with Gasteiger partial charge in [0, 0.05) is 26.1 Å². The predicted octanol–water partition coefficient (Wildman–Crippen LogP) is -0.388. The maximum absolute atomic E-state index is 11.1. The first-order valence-corrected chi connectivity index (χ1v) is 5.72. The molecule has 1 aromatic rings. The van der Waals surface area contributed by atoms with Crippen LogP contribution < -0.4 is 20.7 Å². The van der Waals surface area contributed by atoms with E-state index in [1.54, 1.807) is 7.05 Å². The fourth-order valence-corrected chi connectivity index (χ4v) is 1.66. The van der Waals surface area contributed by atoms with E-state index in [0.29, 0.717) is 24.9 Å². The van der Waals surface area contributed by atoms with E-state index in [1.165, 1.54) is 7.11 Å². The summed E-state index contributed by atoms with van der Waals surface area (Å²) in [4.78, 5) is 23.3. The van der Waals surface area contributed by atoms with Crippen LogP contribution in [0.15, 0.2) is 0 Å². The lowest BCUT2D eigenvalue weighted by Crippen LogP contribution is -2.42. The highest BCUT2D eigenvalue weighted by Crippen LogP contribution is 2.13. The number of nitrogens with zero attached hydrogens (tertiary/aromatic N) is 3. The van der Waals surface area contributed by atoms with Gasteiger partial charge in [-0.2, -0.15) is 15.0 Å². The van der Waals surface area contributed by atoms with Crippen LogP contribution in [0, 0.1) is 0 Å². The minimum absolute atomic E-state index is 0.0807. The van der Waals surface area contributed by atoms with Crippen LogP contribution in [-0.4, -0.2) is 47.6 Å². The van der Waals surface area contributed by atoms with Crippen molar-refractivity contribution in [2.75, 3.05) is 31.3 Å². The molecule has 1 unspecified atom stereocenters. The fourth-order valence-electron chi connectivity index (χ4n) is 1.66. The van der Waals surface area contributed by atoms with Gasteiger partial charge in [-0.1, -0.05) is 0 Å². The Morgan fingerprint density at radius 1 is 1.33 bits per heavy atom. The monoisotopic (exact) mass is 252 g/mol. The molecule has 0 aliphatic carbocycles. The highest BCUT2D eigenvalue weighted by Gasteiger charge is 2.19. The molecule has 3 N–H and O–H groups in total. The molecule has 8 heteroatoms. The van der Waals surface area contributed by atoms with Gasteiger partial charge in [0.1, 0.15) is 0 Å². The van der Waals surface area contributed by atoms with Crippen molar-refractivity contribution in [1.82, 2.24) is 20.3 Å². The quantitative estimate of drug-likeness (QED) is 0.671. The summed E-state index contributed by atoms with van der Waals surface area (Å²) in [6.07, 6.45) is 1.27. The van der Waals surface area contributed by atoms with Crippen molar-refractivity contribution in [2.45, 2.75) is 18.9 Å². The van der Waals surface area contributed by atoms with Crippen molar-refractivity contribution in [3.8, 4) is 6.01 Å². The van der Waals surface area contributed by atoms with E-state index in [-0.39, 0.29) is 18.0 Å². The first-order chi connectivity index (χ1) is 8.71. The smallest absolute Gasteiger partial charge is 0.322 e. The highest BCUT2D eigenvalue weighted by molar-refractivity contribution is 5.76. The van der Waals surface area contributed by atoms with Gasteiger partial charge in [0.15, 0.2) is 0 Å². The van der Waals surface area contributed by atoms with Gasteiger partial charge in [-0.25, -0.2) is 0 Å². The average Bonchev–Trinajstić information content (AvgIpc) is 2.41. The minimum atomic E-state index is 0.0807. The molecule has 1 fully saturated rings. The molecule has 1 aliphatic rings. The molecule has 8 nitrogen and oxygen atoms in total. The van der Waals surface area contributed by atoms with Gasteiger partial charge in [-0.05, 0) is 6.42 Å². The number of hydrogen-bond acceptors (Lipinski definition) is 7. The Kier molecular flexibility index (Phi) is 3.75. The second kappa shape index (κ2) is 5.48. The van der Waals surface area contributed by atoms with Gasteiger partial charge >= 0.3 is 6.01 Å². The number of ether oxygens (including phenoxy) is 1. The molecule has 1 atom stereocenters. The number of nitrogens with one attached hydrogen (secondary N) is 3. The van der Waals surface area contributed by atoms with Crippen LogP contribution in [-0.2, 0) is 4.79 Å². The molecular weight excluding hydrogens is 236 g/mol. The van der Waals surface area contributed by atoms with Gasteiger partial charge in [0.25, 0.3) is 0 Å². The Morgan fingerprint density at radius 2 is 2.11 bits per heavy atom. The normalized spacial score (nSPS) is 19.0. The lowest BCUT2D eigenvalue weighted by Gasteiger charge is -2.23. The van der Waals surface area contributed by atoms with Crippen LogP contribution in [0.3, 0.4) is 0 Å². The molecule has 2 heterocycles. The Hall–Kier alpha value is -2.12. The largest absolute Gasteiger partial charge is 0.467 e. The second-order valence-electron chi connectivity index (χ2n) is 3.90. The summed E-state index contributed by atoms with van der Waals surface area (Å²) in [7, 11) is 3.22. The summed E-state index contributed by atoms with van der Waals surface area (Å²) in [5.74, 6) is 0.953. The average molecular weight is 252 g/mol. The number of rotatable bonds is 4.